The number of ether oxygens (including phenoxy) is 1. The van der Waals surface area contributed by atoms with Crippen LogP contribution in [0.5, 0.6) is 0 Å². The molecule has 0 spiro atoms. The van der Waals surface area contributed by atoms with Crippen molar-refractivity contribution in [3.8, 4) is 0 Å². The van der Waals surface area contributed by atoms with E-state index < -0.39 is 0 Å². The van der Waals surface area contributed by atoms with Crippen LogP contribution in [-0.4, -0.2) is 41.8 Å². The lowest BCUT2D eigenvalue weighted by Crippen LogP contribution is -2.46. The van der Waals surface area contributed by atoms with E-state index in [0.29, 0.717) is 5.95 Å². The minimum Gasteiger partial charge on any atom is -0.372 e. The summed E-state index contributed by atoms with van der Waals surface area (Å²) in [6.07, 6.45) is 3.44. The van der Waals surface area contributed by atoms with Gasteiger partial charge in [-0.3, -0.25) is 0 Å². The highest BCUT2D eigenvalue weighted by Gasteiger charge is 2.24. The zero-order valence-corrected chi connectivity index (χ0v) is 12.3. The minimum absolute atomic E-state index is 0.241. The zero-order valence-electron chi connectivity index (χ0n) is 12.3. The summed E-state index contributed by atoms with van der Waals surface area (Å²) in [4.78, 5) is 11.3. The summed E-state index contributed by atoms with van der Waals surface area (Å²) in [5.74, 6) is 1.74. The first-order valence-corrected chi connectivity index (χ1v) is 7.08. The van der Waals surface area contributed by atoms with E-state index in [1.54, 1.807) is 0 Å². The van der Waals surface area contributed by atoms with Crippen LogP contribution < -0.4 is 10.2 Å². The Balaban J connectivity index is 2.17. The quantitative estimate of drug-likeness (QED) is 0.903. The van der Waals surface area contributed by atoms with E-state index in [1.807, 2.05) is 6.20 Å². The molecule has 2 atom stereocenters. The second kappa shape index (κ2) is 6.19. The van der Waals surface area contributed by atoms with Crippen molar-refractivity contribution in [2.75, 3.05) is 29.9 Å². The summed E-state index contributed by atoms with van der Waals surface area (Å²) in [6.45, 7) is 11.1. The number of nitrogens with one attached hydrogen (secondary N) is 1. The van der Waals surface area contributed by atoms with Gasteiger partial charge >= 0.3 is 0 Å². The molecular formula is C14H24N4O. The van der Waals surface area contributed by atoms with Crippen LogP contribution in [0, 0.1) is 6.92 Å². The van der Waals surface area contributed by atoms with Crippen LogP contribution in [0.15, 0.2) is 6.20 Å². The van der Waals surface area contributed by atoms with Crippen molar-refractivity contribution < 1.29 is 4.74 Å². The fraction of sp³-hybridized carbons (Fsp3) is 0.714. The molecule has 2 unspecified atom stereocenters. The van der Waals surface area contributed by atoms with Gasteiger partial charge in [0, 0.05) is 31.4 Å². The van der Waals surface area contributed by atoms with Gasteiger partial charge in [0.05, 0.1) is 12.2 Å². The number of rotatable bonds is 4. The smallest absolute Gasteiger partial charge is 0.224 e. The molecule has 19 heavy (non-hydrogen) atoms. The Hall–Kier alpha value is -1.36. The number of aryl methyl sites for hydroxylation is 1. The Morgan fingerprint density at radius 3 is 2.68 bits per heavy atom. The van der Waals surface area contributed by atoms with Gasteiger partial charge in [0.2, 0.25) is 5.95 Å². The Morgan fingerprint density at radius 2 is 2.05 bits per heavy atom. The molecule has 1 aromatic rings. The maximum atomic E-state index is 5.77. The summed E-state index contributed by atoms with van der Waals surface area (Å²) in [7, 11) is 0. The SMILES string of the molecule is CCCNc1ncc(C)c(N2CC(C)OC(C)C2)n1. The highest BCUT2D eigenvalue weighted by molar-refractivity contribution is 5.49. The normalized spacial score (nSPS) is 23.5. The molecule has 0 saturated carbocycles. The van der Waals surface area contributed by atoms with Crippen molar-refractivity contribution in [3.05, 3.63) is 11.8 Å². The van der Waals surface area contributed by atoms with E-state index in [0.717, 1.165) is 37.4 Å². The number of hydrogen-bond donors (Lipinski definition) is 1. The second-order valence-electron chi connectivity index (χ2n) is 5.29. The number of anilines is 2. The maximum Gasteiger partial charge on any atom is 0.224 e. The van der Waals surface area contributed by atoms with Crippen molar-refractivity contribution in [1.82, 2.24) is 9.97 Å². The van der Waals surface area contributed by atoms with E-state index in [1.165, 1.54) is 0 Å². The summed E-state index contributed by atoms with van der Waals surface area (Å²) >= 11 is 0. The van der Waals surface area contributed by atoms with Gasteiger partial charge < -0.3 is 15.0 Å². The molecule has 0 amide bonds. The summed E-state index contributed by atoms with van der Waals surface area (Å²) in [5.41, 5.74) is 1.11. The summed E-state index contributed by atoms with van der Waals surface area (Å²) < 4.78 is 5.77. The number of morpholine rings is 1. The first-order chi connectivity index (χ1) is 9.10. The monoisotopic (exact) mass is 264 g/mol. The zero-order chi connectivity index (χ0) is 13.8. The van der Waals surface area contributed by atoms with Crippen molar-refractivity contribution in [1.29, 1.82) is 0 Å². The first kappa shape index (κ1) is 14.1. The topological polar surface area (TPSA) is 50.3 Å². The van der Waals surface area contributed by atoms with Crippen LogP contribution in [0.25, 0.3) is 0 Å². The lowest BCUT2D eigenvalue weighted by Gasteiger charge is -2.36. The first-order valence-electron chi connectivity index (χ1n) is 7.08. The van der Waals surface area contributed by atoms with Crippen LogP contribution in [0.2, 0.25) is 0 Å². The molecule has 0 bridgehead atoms. The van der Waals surface area contributed by atoms with E-state index in [2.05, 4.69) is 47.9 Å². The van der Waals surface area contributed by atoms with Crippen LogP contribution in [-0.2, 0) is 4.74 Å². The molecule has 1 fully saturated rings. The van der Waals surface area contributed by atoms with Crippen LogP contribution in [0.4, 0.5) is 11.8 Å². The molecule has 0 aliphatic carbocycles. The van der Waals surface area contributed by atoms with Gasteiger partial charge in [0.25, 0.3) is 0 Å². The third-order valence-corrected chi connectivity index (χ3v) is 3.20. The predicted molar refractivity (Wildman–Crippen MR) is 77.8 cm³/mol. The maximum absolute atomic E-state index is 5.77. The van der Waals surface area contributed by atoms with E-state index in [9.17, 15) is 0 Å². The van der Waals surface area contributed by atoms with E-state index in [-0.39, 0.29) is 12.2 Å². The molecule has 0 aromatic carbocycles. The predicted octanol–water partition coefficient (Wildman–Crippen LogP) is 2.22. The van der Waals surface area contributed by atoms with Gasteiger partial charge in [-0.15, -0.1) is 0 Å². The van der Waals surface area contributed by atoms with Crippen LogP contribution in [0.1, 0.15) is 32.8 Å². The summed E-state index contributed by atoms with van der Waals surface area (Å²) in [6, 6.07) is 0. The van der Waals surface area contributed by atoms with Crippen LogP contribution in [0.3, 0.4) is 0 Å². The minimum atomic E-state index is 0.241. The molecule has 1 saturated heterocycles. The fourth-order valence-corrected chi connectivity index (χ4v) is 2.43. The van der Waals surface area contributed by atoms with Crippen LogP contribution >= 0.6 is 0 Å². The molecule has 1 N–H and O–H groups in total. The average Bonchev–Trinajstić information content (AvgIpc) is 2.36. The van der Waals surface area contributed by atoms with E-state index >= 15 is 0 Å². The lowest BCUT2D eigenvalue weighted by molar-refractivity contribution is -0.00549. The number of hydrogen-bond acceptors (Lipinski definition) is 5. The molecule has 5 heteroatoms. The van der Waals surface area contributed by atoms with Gasteiger partial charge in [-0.05, 0) is 27.2 Å². The Morgan fingerprint density at radius 1 is 1.37 bits per heavy atom. The molecule has 106 valence electrons. The van der Waals surface area contributed by atoms with E-state index in [4.69, 9.17) is 4.74 Å². The van der Waals surface area contributed by atoms with Crippen molar-refractivity contribution in [2.24, 2.45) is 0 Å². The van der Waals surface area contributed by atoms with Gasteiger partial charge in [-0.1, -0.05) is 6.92 Å². The summed E-state index contributed by atoms with van der Waals surface area (Å²) in [5, 5.41) is 3.24. The average molecular weight is 264 g/mol. The Kier molecular flexibility index (Phi) is 4.58. The molecule has 1 aliphatic heterocycles. The molecular weight excluding hydrogens is 240 g/mol. The Bertz CT molecular complexity index is 414. The third-order valence-electron chi connectivity index (χ3n) is 3.20. The van der Waals surface area contributed by atoms with Crippen molar-refractivity contribution in [2.45, 2.75) is 46.3 Å². The fourth-order valence-electron chi connectivity index (χ4n) is 2.43. The molecule has 1 aliphatic rings. The van der Waals surface area contributed by atoms with Gasteiger partial charge in [0.1, 0.15) is 5.82 Å². The third kappa shape index (κ3) is 3.56. The van der Waals surface area contributed by atoms with Crippen molar-refractivity contribution in [3.63, 3.8) is 0 Å². The molecule has 0 radical (unpaired) electrons. The lowest BCUT2D eigenvalue weighted by atomic mass is 10.2. The standard InChI is InChI=1S/C14H24N4O/c1-5-6-15-14-16-7-10(2)13(17-14)18-8-11(3)19-12(4)9-18/h7,11-12H,5-6,8-9H2,1-4H3,(H,15,16,17). The number of aromatic nitrogens is 2. The highest BCUT2D eigenvalue weighted by Crippen LogP contribution is 2.22. The molecule has 5 nitrogen and oxygen atoms in total. The molecule has 2 rings (SSSR count). The number of nitrogens with zero attached hydrogens (tertiary/aromatic N) is 3. The van der Waals surface area contributed by atoms with Gasteiger partial charge in [-0.2, -0.15) is 4.98 Å². The Labute approximate surface area is 115 Å². The highest BCUT2D eigenvalue weighted by atomic mass is 16.5. The second-order valence-corrected chi connectivity index (χ2v) is 5.29. The molecule has 1 aromatic heterocycles. The largest absolute Gasteiger partial charge is 0.372 e. The van der Waals surface area contributed by atoms with Gasteiger partial charge in [-0.25, -0.2) is 4.98 Å². The van der Waals surface area contributed by atoms with Gasteiger partial charge in [0.15, 0.2) is 0 Å². The molecule has 2 heterocycles. The van der Waals surface area contributed by atoms with Crippen molar-refractivity contribution >= 4 is 11.8 Å².